The molecule has 1 aliphatic rings. The Balaban J connectivity index is 2.42. The molecular weight excluding hydrogens is 248 g/mol. The molecule has 2 amide bonds. The van der Waals surface area contributed by atoms with Crippen LogP contribution in [0.1, 0.15) is 20.3 Å². The highest BCUT2D eigenvalue weighted by molar-refractivity contribution is 5.76. The Bertz CT molecular complexity index is 314. The number of rotatable bonds is 7. The predicted octanol–water partition coefficient (Wildman–Crippen LogP) is 1.12. The molecule has 1 rings (SSSR count). The SMILES string of the molecule is COCCN(CC(C)C)C(=O)N1CC(CC(=O)O)C1. The molecule has 0 spiro atoms. The summed E-state index contributed by atoms with van der Waals surface area (Å²) in [4.78, 5) is 26.3. The number of carboxylic acid groups (broad SMARTS) is 1. The minimum Gasteiger partial charge on any atom is -0.481 e. The summed E-state index contributed by atoms with van der Waals surface area (Å²) in [5, 5.41) is 8.69. The van der Waals surface area contributed by atoms with Crippen LogP contribution in [0.25, 0.3) is 0 Å². The number of carboxylic acids is 1. The minimum absolute atomic E-state index is 0.00705. The van der Waals surface area contributed by atoms with Crippen molar-refractivity contribution in [1.82, 2.24) is 9.80 Å². The van der Waals surface area contributed by atoms with Crippen LogP contribution < -0.4 is 0 Å². The number of likely N-dealkylation sites (tertiary alicyclic amines) is 1. The van der Waals surface area contributed by atoms with E-state index in [1.54, 1.807) is 16.9 Å². The van der Waals surface area contributed by atoms with Crippen molar-refractivity contribution in [2.75, 3.05) is 39.9 Å². The molecule has 110 valence electrons. The van der Waals surface area contributed by atoms with Crippen LogP contribution in [0, 0.1) is 11.8 Å². The van der Waals surface area contributed by atoms with Crippen LogP contribution in [0.4, 0.5) is 4.79 Å². The maximum atomic E-state index is 12.2. The van der Waals surface area contributed by atoms with E-state index in [0.717, 1.165) is 0 Å². The molecule has 0 bridgehead atoms. The topological polar surface area (TPSA) is 70.1 Å². The summed E-state index contributed by atoms with van der Waals surface area (Å²) in [6, 6.07) is -0.00705. The van der Waals surface area contributed by atoms with Gasteiger partial charge < -0.3 is 19.6 Å². The lowest BCUT2D eigenvalue weighted by Crippen LogP contribution is -2.56. The van der Waals surface area contributed by atoms with Gasteiger partial charge in [0.25, 0.3) is 0 Å². The van der Waals surface area contributed by atoms with Crippen LogP contribution in [-0.4, -0.2) is 66.8 Å². The summed E-state index contributed by atoms with van der Waals surface area (Å²) in [5.74, 6) is -0.294. The number of carbonyl (C=O) groups excluding carboxylic acids is 1. The van der Waals surface area contributed by atoms with Crippen molar-refractivity contribution in [3.05, 3.63) is 0 Å². The third kappa shape index (κ3) is 5.06. The second kappa shape index (κ2) is 7.33. The van der Waals surface area contributed by atoms with Gasteiger partial charge in [0.15, 0.2) is 0 Å². The van der Waals surface area contributed by atoms with E-state index in [9.17, 15) is 9.59 Å². The molecule has 1 fully saturated rings. The second-order valence-electron chi connectivity index (χ2n) is 5.48. The number of methoxy groups -OCH3 is 1. The lowest BCUT2D eigenvalue weighted by atomic mass is 9.97. The molecule has 0 aromatic carbocycles. The molecule has 0 aromatic heterocycles. The quantitative estimate of drug-likeness (QED) is 0.754. The second-order valence-corrected chi connectivity index (χ2v) is 5.48. The number of aliphatic carboxylic acids is 1. The Hall–Kier alpha value is -1.30. The molecule has 6 heteroatoms. The Morgan fingerprint density at radius 2 is 2.05 bits per heavy atom. The van der Waals surface area contributed by atoms with Gasteiger partial charge in [-0.1, -0.05) is 13.8 Å². The monoisotopic (exact) mass is 272 g/mol. The number of ether oxygens (including phenoxy) is 1. The standard InChI is InChI=1S/C13H24N2O4/c1-10(2)7-14(4-5-19-3)13(18)15-8-11(9-15)6-12(16)17/h10-11H,4-9H2,1-3H3,(H,16,17). The van der Waals surface area contributed by atoms with Crippen molar-refractivity contribution in [3.63, 3.8) is 0 Å². The first-order valence-corrected chi connectivity index (χ1v) is 6.68. The normalized spacial score (nSPS) is 15.5. The van der Waals surface area contributed by atoms with Gasteiger partial charge in [-0.2, -0.15) is 0 Å². The third-order valence-electron chi connectivity index (χ3n) is 3.11. The first-order chi connectivity index (χ1) is 8.93. The molecule has 0 aromatic rings. The summed E-state index contributed by atoms with van der Waals surface area (Å²) < 4.78 is 5.02. The molecule has 0 saturated carbocycles. The van der Waals surface area contributed by atoms with Gasteiger partial charge in [0.1, 0.15) is 0 Å². The largest absolute Gasteiger partial charge is 0.481 e. The summed E-state index contributed by atoms with van der Waals surface area (Å²) >= 11 is 0. The van der Waals surface area contributed by atoms with Crippen molar-refractivity contribution < 1.29 is 19.4 Å². The smallest absolute Gasteiger partial charge is 0.320 e. The predicted molar refractivity (Wildman–Crippen MR) is 71.0 cm³/mol. The molecule has 19 heavy (non-hydrogen) atoms. The summed E-state index contributed by atoms with van der Waals surface area (Å²) in [6.07, 6.45) is 0.145. The first kappa shape index (κ1) is 15.8. The first-order valence-electron chi connectivity index (χ1n) is 6.68. The number of hydrogen-bond donors (Lipinski definition) is 1. The lowest BCUT2D eigenvalue weighted by Gasteiger charge is -2.41. The molecule has 1 saturated heterocycles. The van der Waals surface area contributed by atoms with Gasteiger partial charge in [0.05, 0.1) is 13.0 Å². The average Bonchev–Trinajstić information content (AvgIpc) is 2.27. The number of amides is 2. The fourth-order valence-electron chi connectivity index (χ4n) is 2.21. The molecule has 0 atom stereocenters. The highest BCUT2D eigenvalue weighted by Crippen LogP contribution is 2.21. The van der Waals surface area contributed by atoms with E-state index in [2.05, 4.69) is 13.8 Å². The number of nitrogens with zero attached hydrogens (tertiary/aromatic N) is 2. The van der Waals surface area contributed by atoms with Crippen LogP contribution in [0.2, 0.25) is 0 Å². The molecule has 1 N–H and O–H groups in total. The van der Waals surface area contributed by atoms with Gasteiger partial charge in [0.2, 0.25) is 0 Å². The van der Waals surface area contributed by atoms with Crippen LogP contribution in [-0.2, 0) is 9.53 Å². The van der Waals surface area contributed by atoms with Crippen molar-refractivity contribution >= 4 is 12.0 Å². The molecular formula is C13H24N2O4. The van der Waals surface area contributed by atoms with Gasteiger partial charge in [-0.25, -0.2) is 4.79 Å². The van der Waals surface area contributed by atoms with Gasteiger partial charge in [-0.05, 0) is 5.92 Å². The fourth-order valence-corrected chi connectivity index (χ4v) is 2.21. The number of hydrogen-bond acceptors (Lipinski definition) is 3. The highest BCUT2D eigenvalue weighted by atomic mass is 16.5. The van der Waals surface area contributed by atoms with Crippen molar-refractivity contribution in [2.24, 2.45) is 11.8 Å². The van der Waals surface area contributed by atoms with E-state index >= 15 is 0 Å². The molecule has 0 radical (unpaired) electrons. The Kier molecular flexibility index (Phi) is 6.08. The highest BCUT2D eigenvalue weighted by Gasteiger charge is 2.34. The zero-order valence-corrected chi connectivity index (χ0v) is 12.0. The van der Waals surface area contributed by atoms with Crippen LogP contribution in [0.5, 0.6) is 0 Å². The molecule has 6 nitrogen and oxygen atoms in total. The molecule has 0 aliphatic carbocycles. The van der Waals surface area contributed by atoms with Crippen LogP contribution >= 0.6 is 0 Å². The van der Waals surface area contributed by atoms with E-state index in [0.29, 0.717) is 38.7 Å². The molecule has 1 heterocycles. The summed E-state index contributed by atoms with van der Waals surface area (Å²) in [7, 11) is 1.62. The minimum atomic E-state index is -0.796. The van der Waals surface area contributed by atoms with E-state index in [4.69, 9.17) is 9.84 Å². The van der Waals surface area contributed by atoms with Crippen molar-refractivity contribution in [2.45, 2.75) is 20.3 Å². The van der Waals surface area contributed by atoms with E-state index < -0.39 is 5.97 Å². The van der Waals surface area contributed by atoms with E-state index in [1.807, 2.05) is 0 Å². The third-order valence-corrected chi connectivity index (χ3v) is 3.11. The number of urea groups is 1. The fraction of sp³-hybridized carbons (Fsp3) is 0.846. The van der Waals surface area contributed by atoms with Crippen molar-refractivity contribution in [3.8, 4) is 0 Å². The zero-order valence-electron chi connectivity index (χ0n) is 12.0. The Morgan fingerprint density at radius 3 is 2.53 bits per heavy atom. The van der Waals surface area contributed by atoms with Gasteiger partial charge in [-0.3, -0.25) is 4.79 Å². The molecule has 1 aliphatic heterocycles. The van der Waals surface area contributed by atoms with Gasteiger partial charge >= 0.3 is 12.0 Å². The summed E-state index contributed by atoms with van der Waals surface area (Å²) in [5.41, 5.74) is 0. The van der Waals surface area contributed by atoms with Gasteiger partial charge in [0, 0.05) is 39.2 Å². The number of carbonyl (C=O) groups is 2. The molecule has 0 unspecified atom stereocenters. The maximum Gasteiger partial charge on any atom is 0.320 e. The average molecular weight is 272 g/mol. The maximum absolute atomic E-state index is 12.2. The van der Waals surface area contributed by atoms with E-state index in [-0.39, 0.29) is 18.4 Å². The van der Waals surface area contributed by atoms with Crippen molar-refractivity contribution in [1.29, 1.82) is 0 Å². The van der Waals surface area contributed by atoms with E-state index in [1.165, 1.54) is 0 Å². The lowest BCUT2D eigenvalue weighted by molar-refractivity contribution is -0.139. The zero-order chi connectivity index (χ0) is 14.4. The summed E-state index contributed by atoms with van der Waals surface area (Å²) in [6.45, 7) is 7.02. The van der Waals surface area contributed by atoms with Gasteiger partial charge in [-0.15, -0.1) is 0 Å². The van der Waals surface area contributed by atoms with Crippen LogP contribution in [0.15, 0.2) is 0 Å². The Morgan fingerprint density at radius 1 is 1.42 bits per heavy atom. The van der Waals surface area contributed by atoms with Crippen LogP contribution in [0.3, 0.4) is 0 Å². The Labute approximate surface area is 114 Å².